The lowest BCUT2D eigenvalue weighted by molar-refractivity contribution is -0.130. The van der Waals surface area contributed by atoms with Crippen molar-refractivity contribution in [2.75, 3.05) is 13.6 Å². The number of benzene rings is 1. The van der Waals surface area contributed by atoms with Crippen LogP contribution in [0.4, 0.5) is 4.39 Å². The summed E-state index contributed by atoms with van der Waals surface area (Å²) in [5.41, 5.74) is 1.16. The van der Waals surface area contributed by atoms with Gasteiger partial charge in [-0.15, -0.1) is 0 Å². The van der Waals surface area contributed by atoms with E-state index in [2.05, 4.69) is 20.3 Å². The number of hydrogen-bond donors (Lipinski definition) is 1. The lowest BCUT2D eigenvalue weighted by atomic mass is 10.2. The van der Waals surface area contributed by atoms with E-state index in [9.17, 15) is 14.0 Å². The van der Waals surface area contributed by atoms with E-state index in [0.717, 1.165) is 0 Å². The van der Waals surface area contributed by atoms with Gasteiger partial charge in [0.2, 0.25) is 5.91 Å². The molecule has 0 aliphatic rings. The summed E-state index contributed by atoms with van der Waals surface area (Å²) in [6.07, 6.45) is 0.0982. The van der Waals surface area contributed by atoms with E-state index in [0.29, 0.717) is 11.4 Å². The van der Waals surface area contributed by atoms with Crippen LogP contribution in [0.15, 0.2) is 28.9 Å². The highest BCUT2D eigenvalue weighted by molar-refractivity contribution is 5.94. The minimum absolute atomic E-state index is 0.0439. The Labute approximate surface area is 132 Å². The average Bonchev–Trinajstić information content (AvgIpc) is 2.92. The third-order valence-electron chi connectivity index (χ3n) is 3.30. The van der Waals surface area contributed by atoms with Gasteiger partial charge in [0.25, 0.3) is 5.91 Å². The Bertz CT molecular complexity index is 702. The Kier molecular flexibility index (Phi) is 5.40. The van der Waals surface area contributed by atoms with Gasteiger partial charge in [-0.1, -0.05) is 22.4 Å². The first kappa shape index (κ1) is 16.6. The maximum atomic E-state index is 13.4. The summed E-state index contributed by atoms with van der Waals surface area (Å²) in [7, 11) is 1.62. The lowest BCUT2D eigenvalue weighted by Gasteiger charge is -2.15. The topological polar surface area (TPSA) is 88.3 Å². The second-order valence-corrected chi connectivity index (χ2v) is 5.03. The smallest absolute Gasteiger partial charge is 0.254 e. The maximum absolute atomic E-state index is 13.4. The Morgan fingerprint density at radius 1 is 1.30 bits per heavy atom. The fourth-order valence-electron chi connectivity index (χ4n) is 1.92. The number of halogens is 1. The lowest BCUT2D eigenvalue weighted by Crippen LogP contribution is -2.32. The average molecular weight is 320 g/mol. The molecule has 1 aromatic carbocycles. The number of aromatic nitrogens is 2. The van der Waals surface area contributed by atoms with Gasteiger partial charge in [0, 0.05) is 20.0 Å². The standard InChI is InChI=1S/C15H17FN4O3/c1-10-13(19-23-18-10)9-20(2)14(21)7-8-17-15(22)11-5-3-4-6-12(11)16/h3-6H,7-9H2,1-2H3,(H,17,22). The number of hydrogen-bond acceptors (Lipinski definition) is 5. The highest BCUT2D eigenvalue weighted by Crippen LogP contribution is 2.07. The van der Waals surface area contributed by atoms with Gasteiger partial charge in [0.05, 0.1) is 12.1 Å². The minimum Gasteiger partial charge on any atom is -0.351 e. The van der Waals surface area contributed by atoms with Crippen LogP contribution in [0, 0.1) is 12.7 Å². The van der Waals surface area contributed by atoms with Crippen LogP contribution in [-0.4, -0.2) is 40.6 Å². The van der Waals surface area contributed by atoms with Crippen LogP contribution in [0.5, 0.6) is 0 Å². The summed E-state index contributed by atoms with van der Waals surface area (Å²) in [5.74, 6) is -1.32. The van der Waals surface area contributed by atoms with Crippen molar-refractivity contribution in [2.24, 2.45) is 0 Å². The Morgan fingerprint density at radius 2 is 2.04 bits per heavy atom. The summed E-state index contributed by atoms with van der Waals surface area (Å²) >= 11 is 0. The third-order valence-corrected chi connectivity index (χ3v) is 3.30. The van der Waals surface area contributed by atoms with E-state index in [1.165, 1.54) is 23.1 Å². The van der Waals surface area contributed by atoms with Crippen molar-refractivity contribution in [1.29, 1.82) is 0 Å². The molecule has 2 amide bonds. The first-order chi connectivity index (χ1) is 11.0. The molecule has 1 N–H and O–H groups in total. The van der Waals surface area contributed by atoms with Crippen molar-refractivity contribution in [3.8, 4) is 0 Å². The molecular formula is C15H17FN4O3. The summed E-state index contributed by atoms with van der Waals surface area (Å²) in [4.78, 5) is 25.3. The first-order valence-electron chi connectivity index (χ1n) is 7.03. The highest BCUT2D eigenvalue weighted by atomic mass is 19.1. The van der Waals surface area contributed by atoms with Gasteiger partial charge in [0.1, 0.15) is 17.2 Å². The molecule has 0 spiro atoms. The molecule has 0 saturated heterocycles. The molecule has 2 rings (SSSR count). The van der Waals surface area contributed by atoms with Gasteiger partial charge in [-0.05, 0) is 19.1 Å². The molecule has 2 aromatic rings. The van der Waals surface area contributed by atoms with Crippen LogP contribution in [0.25, 0.3) is 0 Å². The van der Waals surface area contributed by atoms with E-state index < -0.39 is 11.7 Å². The van der Waals surface area contributed by atoms with Gasteiger partial charge in [-0.25, -0.2) is 9.02 Å². The van der Waals surface area contributed by atoms with Gasteiger partial charge in [-0.3, -0.25) is 9.59 Å². The van der Waals surface area contributed by atoms with Crippen LogP contribution in [0.2, 0.25) is 0 Å². The van der Waals surface area contributed by atoms with Crippen LogP contribution in [-0.2, 0) is 11.3 Å². The molecule has 0 fully saturated rings. The zero-order chi connectivity index (χ0) is 16.8. The van der Waals surface area contributed by atoms with Crippen molar-refractivity contribution < 1.29 is 18.6 Å². The monoisotopic (exact) mass is 320 g/mol. The zero-order valence-electron chi connectivity index (χ0n) is 12.9. The Morgan fingerprint density at radius 3 is 2.70 bits per heavy atom. The van der Waals surface area contributed by atoms with Gasteiger partial charge in [-0.2, -0.15) is 0 Å². The molecule has 122 valence electrons. The fraction of sp³-hybridized carbons (Fsp3) is 0.333. The number of carbonyl (C=O) groups excluding carboxylic acids is 2. The molecule has 8 heteroatoms. The number of rotatable bonds is 6. The Hall–Kier alpha value is -2.77. The number of nitrogens with one attached hydrogen (secondary N) is 1. The molecule has 7 nitrogen and oxygen atoms in total. The molecule has 0 aliphatic heterocycles. The van der Waals surface area contributed by atoms with E-state index in [-0.39, 0.29) is 31.0 Å². The van der Waals surface area contributed by atoms with Gasteiger partial charge < -0.3 is 10.2 Å². The van der Waals surface area contributed by atoms with Gasteiger partial charge in [0.15, 0.2) is 0 Å². The highest BCUT2D eigenvalue weighted by Gasteiger charge is 2.15. The molecule has 1 aromatic heterocycles. The van der Waals surface area contributed by atoms with Crippen molar-refractivity contribution in [3.63, 3.8) is 0 Å². The molecule has 0 atom stereocenters. The van der Waals surface area contributed by atoms with E-state index in [1.807, 2.05) is 0 Å². The second kappa shape index (κ2) is 7.48. The minimum atomic E-state index is -0.595. The largest absolute Gasteiger partial charge is 0.351 e. The summed E-state index contributed by atoms with van der Waals surface area (Å²) in [5, 5.41) is 9.87. The van der Waals surface area contributed by atoms with Crippen molar-refractivity contribution in [2.45, 2.75) is 19.9 Å². The molecule has 0 aliphatic carbocycles. The molecule has 1 heterocycles. The molecule has 0 bridgehead atoms. The van der Waals surface area contributed by atoms with Crippen molar-refractivity contribution in [1.82, 2.24) is 20.5 Å². The van der Waals surface area contributed by atoms with E-state index in [1.54, 1.807) is 20.0 Å². The maximum Gasteiger partial charge on any atom is 0.254 e. The van der Waals surface area contributed by atoms with E-state index >= 15 is 0 Å². The fourth-order valence-corrected chi connectivity index (χ4v) is 1.92. The first-order valence-corrected chi connectivity index (χ1v) is 7.03. The van der Waals surface area contributed by atoms with Crippen LogP contribution in [0.1, 0.15) is 28.2 Å². The number of aryl methyl sites for hydroxylation is 1. The van der Waals surface area contributed by atoms with Crippen LogP contribution >= 0.6 is 0 Å². The van der Waals surface area contributed by atoms with Crippen LogP contribution < -0.4 is 5.32 Å². The number of nitrogens with zero attached hydrogens (tertiary/aromatic N) is 3. The molecule has 23 heavy (non-hydrogen) atoms. The predicted octanol–water partition coefficient (Wildman–Crippen LogP) is 1.30. The molecule has 0 unspecified atom stereocenters. The van der Waals surface area contributed by atoms with E-state index in [4.69, 9.17) is 0 Å². The second-order valence-electron chi connectivity index (χ2n) is 5.03. The molecular weight excluding hydrogens is 303 g/mol. The molecule has 0 saturated carbocycles. The van der Waals surface area contributed by atoms with Gasteiger partial charge >= 0.3 is 0 Å². The SMILES string of the molecule is Cc1nonc1CN(C)C(=O)CCNC(=O)c1ccccc1F. The normalized spacial score (nSPS) is 10.4. The quantitative estimate of drug-likeness (QED) is 0.866. The van der Waals surface area contributed by atoms with Crippen LogP contribution in [0.3, 0.4) is 0 Å². The molecule has 0 radical (unpaired) electrons. The Balaban J connectivity index is 1.79. The predicted molar refractivity (Wildman–Crippen MR) is 78.9 cm³/mol. The number of carbonyl (C=O) groups is 2. The summed E-state index contributed by atoms with van der Waals surface area (Å²) in [6, 6.07) is 5.68. The summed E-state index contributed by atoms with van der Waals surface area (Å²) < 4.78 is 18.0. The third kappa shape index (κ3) is 4.35. The van der Waals surface area contributed by atoms with Crippen molar-refractivity contribution >= 4 is 11.8 Å². The zero-order valence-corrected chi connectivity index (χ0v) is 12.9. The number of amides is 2. The summed E-state index contributed by atoms with van der Waals surface area (Å²) in [6.45, 7) is 2.13. The van der Waals surface area contributed by atoms with Crippen molar-refractivity contribution in [3.05, 3.63) is 47.0 Å².